The SMILES string of the molecule is COc1cccc(-c2cc(CC(=O)NC(C)CCc3ccccc3)no2)c1. The highest BCUT2D eigenvalue weighted by molar-refractivity contribution is 5.78. The molecule has 0 spiro atoms. The zero-order valence-electron chi connectivity index (χ0n) is 15.6. The monoisotopic (exact) mass is 364 g/mol. The number of hydrogen-bond donors (Lipinski definition) is 1. The third-order valence-electron chi connectivity index (χ3n) is 4.37. The van der Waals surface area contributed by atoms with Crippen LogP contribution in [0.4, 0.5) is 0 Å². The number of hydrogen-bond acceptors (Lipinski definition) is 4. The average Bonchev–Trinajstić information content (AvgIpc) is 3.15. The van der Waals surface area contributed by atoms with Crippen LogP contribution in [0, 0.1) is 0 Å². The van der Waals surface area contributed by atoms with Crippen LogP contribution in [0.15, 0.2) is 65.2 Å². The molecule has 5 heteroatoms. The molecular formula is C22H24N2O3. The lowest BCUT2D eigenvalue weighted by molar-refractivity contribution is -0.121. The number of aromatic nitrogens is 1. The zero-order valence-corrected chi connectivity index (χ0v) is 15.6. The van der Waals surface area contributed by atoms with E-state index in [1.165, 1.54) is 5.56 Å². The van der Waals surface area contributed by atoms with Crippen molar-refractivity contribution in [2.45, 2.75) is 32.2 Å². The van der Waals surface area contributed by atoms with Crippen molar-refractivity contribution >= 4 is 5.91 Å². The van der Waals surface area contributed by atoms with E-state index < -0.39 is 0 Å². The maximum absolute atomic E-state index is 12.3. The van der Waals surface area contributed by atoms with E-state index in [1.807, 2.05) is 49.4 Å². The van der Waals surface area contributed by atoms with E-state index in [4.69, 9.17) is 9.26 Å². The van der Waals surface area contributed by atoms with Gasteiger partial charge in [0.1, 0.15) is 5.75 Å². The van der Waals surface area contributed by atoms with Crippen molar-refractivity contribution in [1.82, 2.24) is 10.5 Å². The van der Waals surface area contributed by atoms with Gasteiger partial charge in [0, 0.05) is 17.7 Å². The fraction of sp³-hybridized carbons (Fsp3) is 0.273. The molecule has 0 saturated heterocycles. The first kappa shape index (κ1) is 18.7. The van der Waals surface area contributed by atoms with E-state index in [0.29, 0.717) is 11.5 Å². The first-order chi connectivity index (χ1) is 13.1. The summed E-state index contributed by atoms with van der Waals surface area (Å²) in [6.07, 6.45) is 2.03. The molecule has 0 saturated carbocycles. The Morgan fingerprint density at radius 3 is 2.74 bits per heavy atom. The van der Waals surface area contributed by atoms with Crippen molar-refractivity contribution in [2.24, 2.45) is 0 Å². The van der Waals surface area contributed by atoms with E-state index >= 15 is 0 Å². The Morgan fingerprint density at radius 2 is 1.96 bits per heavy atom. The second-order valence-corrected chi connectivity index (χ2v) is 6.58. The molecule has 27 heavy (non-hydrogen) atoms. The van der Waals surface area contributed by atoms with Gasteiger partial charge < -0.3 is 14.6 Å². The molecule has 1 amide bonds. The van der Waals surface area contributed by atoms with Crippen molar-refractivity contribution < 1.29 is 14.1 Å². The Bertz CT molecular complexity index is 874. The largest absolute Gasteiger partial charge is 0.497 e. The molecule has 1 atom stereocenters. The summed E-state index contributed by atoms with van der Waals surface area (Å²) in [5.74, 6) is 1.31. The molecule has 0 aliphatic carbocycles. The Morgan fingerprint density at radius 1 is 1.15 bits per heavy atom. The molecule has 140 valence electrons. The maximum Gasteiger partial charge on any atom is 0.226 e. The Kier molecular flexibility index (Phi) is 6.26. The number of carbonyl (C=O) groups excluding carboxylic acids is 1. The lowest BCUT2D eigenvalue weighted by atomic mass is 10.1. The first-order valence-corrected chi connectivity index (χ1v) is 9.07. The summed E-state index contributed by atoms with van der Waals surface area (Å²) >= 11 is 0. The van der Waals surface area contributed by atoms with Gasteiger partial charge in [-0.25, -0.2) is 0 Å². The molecular weight excluding hydrogens is 340 g/mol. The Balaban J connectivity index is 1.51. The highest BCUT2D eigenvalue weighted by atomic mass is 16.5. The number of amides is 1. The predicted octanol–water partition coefficient (Wildman–Crippen LogP) is 4.03. The molecule has 1 heterocycles. The number of carbonyl (C=O) groups is 1. The minimum Gasteiger partial charge on any atom is -0.497 e. The van der Waals surface area contributed by atoms with E-state index in [9.17, 15) is 4.79 Å². The van der Waals surface area contributed by atoms with Crippen LogP contribution >= 0.6 is 0 Å². The van der Waals surface area contributed by atoms with E-state index in [1.54, 1.807) is 13.2 Å². The highest BCUT2D eigenvalue weighted by Crippen LogP contribution is 2.24. The number of nitrogens with one attached hydrogen (secondary N) is 1. The minimum absolute atomic E-state index is 0.0546. The maximum atomic E-state index is 12.3. The number of aryl methyl sites for hydroxylation is 1. The molecule has 0 fully saturated rings. The molecule has 1 aromatic heterocycles. The molecule has 0 aliphatic heterocycles. The zero-order chi connectivity index (χ0) is 19.1. The van der Waals surface area contributed by atoms with Crippen LogP contribution in [0.3, 0.4) is 0 Å². The van der Waals surface area contributed by atoms with Gasteiger partial charge >= 0.3 is 0 Å². The van der Waals surface area contributed by atoms with E-state index in [2.05, 4.69) is 22.6 Å². The summed E-state index contributed by atoms with van der Waals surface area (Å²) < 4.78 is 10.6. The topological polar surface area (TPSA) is 64.4 Å². The number of rotatable bonds is 8. The van der Waals surface area contributed by atoms with Crippen molar-refractivity contribution in [3.05, 3.63) is 71.9 Å². The van der Waals surface area contributed by atoms with E-state index in [0.717, 1.165) is 24.2 Å². The quantitative estimate of drug-likeness (QED) is 0.655. The molecule has 0 bridgehead atoms. The molecule has 0 radical (unpaired) electrons. The highest BCUT2D eigenvalue weighted by Gasteiger charge is 2.13. The molecule has 1 unspecified atom stereocenters. The average molecular weight is 364 g/mol. The third-order valence-corrected chi connectivity index (χ3v) is 4.37. The summed E-state index contributed by atoms with van der Waals surface area (Å²) in [4.78, 5) is 12.3. The molecule has 2 aromatic carbocycles. The van der Waals surface area contributed by atoms with Crippen molar-refractivity contribution in [1.29, 1.82) is 0 Å². The molecule has 5 nitrogen and oxygen atoms in total. The van der Waals surface area contributed by atoms with Crippen molar-refractivity contribution in [3.63, 3.8) is 0 Å². The van der Waals surface area contributed by atoms with Gasteiger partial charge in [0.25, 0.3) is 0 Å². The minimum atomic E-state index is -0.0546. The fourth-order valence-electron chi connectivity index (χ4n) is 2.90. The van der Waals surface area contributed by atoms with Crippen LogP contribution in [0.1, 0.15) is 24.6 Å². The van der Waals surface area contributed by atoms with Crippen molar-refractivity contribution in [2.75, 3.05) is 7.11 Å². The third kappa shape index (κ3) is 5.45. The van der Waals surface area contributed by atoms with Gasteiger partial charge in [0.2, 0.25) is 5.91 Å². The fourth-order valence-corrected chi connectivity index (χ4v) is 2.90. The smallest absolute Gasteiger partial charge is 0.226 e. The summed E-state index contributed by atoms with van der Waals surface area (Å²) in [7, 11) is 1.62. The van der Waals surface area contributed by atoms with Crippen LogP contribution < -0.4 is 10.1 Å². The van der Waals surface area contributed by atoms with Crippen molar-refractivity contribution in [3.8, 4) is 17.1 Å². The van der Waals surface area contributed by atoms with E-state index in [-0.39, 0.29) is 18.4 Å². The number of nitrogens with zero attached hydrogens (tertiary/aromatic N) is 1. The predicted molar refractivity (Wildman–Crippen MR) is 105 cm³/mol. The van der Waals surface area contributed by atoms with Gasteiger partial charge in [-0.15, -0.1) is 0 Å². The number of methoxy groups -OCH3 is 1. The van der Waals surface area contributed by atoms with Crippen LogP contribution in [0.5, 0.6) is 5.75 Å². The normalized spacial score (nSPS) is 11.8. The Labute approximate surface area is 159 Å². The van der Waals surface area contributed by atoms with Crippen LogP contribution in [-0.2, 0) is 17.6 Å². The number of benzene rings is 2. The summed E-state index contributed by atoms with van der Waals surface area (Å²) in [6, 6.07) is 19.7. The lowest BCUT2D eigenvalue weighted by Crippen LogP contribution is -2.34. The summed E-state index contributed by atoms with van der Waals surface area (Å²) in [5, 5.41) is 7.04. The van der Waals surface area contributed by atoms with Gasteiger partial charge in [0.05, 0.1) is 19.2 Å². The number of ether oxygens (including phenoxy) is 1. The molecule has 3 aromatic rings. The van der Waals surface area contributed by atoms with Crippen LogP contribution in [0.25, 0.3) is 11.3 Å². The Hall–Kier alpha value is -3.08. The standard InChI is InChI=1S/C22H24N2O3/c1-16(11-12-17-7-4-3-5-8-17)23-22(25)15-19-14-21(27-24-19)18-9-6-10-20(13-18)26-2/h3-10,13-14,16H,11-12,15H2,1-2H3,(H,23,25). The summed E-state index contributed by atoms with van der Waals surface area (Å²) in [6.45, 7) is 2.02. The van der Waals surface area contributed by atoms with Gasteiger partial charge in [0.15, 0.2) is 5.76 Å². The van der Waals surface area contributed by atoms with Gasteiger partial charge in [-0.05, 0) is 37.5 Å². The van der Waals surface area contributed by atoms with Gasteiger partial charge in [-0.1, -0.05) is 47.6 Å². The summed E-state index contributed by atoms with van der Waals surface area (Å²) in [5.41, 5.74) is 2.75. The second-order valence-electron chi connectivity index (χ2n) is 6.58. The van der Waals surface area contributed by atoms with Crippen LogP contribution in [-0.4, -0.2) is 24.2 Å². The molecule has 0 aliphatic rings. The molecule has 3 rings (SSSR count). The van der Waals surface area contributed by atoms with Gasteiger partial charge in [-0.2, -0.15) is 0 Å². The lowest BCUT2D eigenvalue weighted by Gasteiger charge is -2.13. The second kappa shape index (κ2) is 9.03. The van der Waals surface area contributed by atoms with Crippen LogP contribution in [0.2, 0.25) is 0 Å². The van der Waals surface area contributed by atoms with Gasteiger partial charge in [-0.3, -0.25) is 4.79 Å². The molecule has 1 N–H and O–H groups in total. The first-order valence-electron chi connectivity index (χ1n) is 9.07.